The Morgan fingerprint density at radius 2 is 2.00 bits per heavy atom. The van der Waals surface area contributed by atoms with E-state index in [2.05, 4.69) is 10.0 Å². The number of benzene rings is 1. The molecule has 0 aliphatic heterocycles. The van der Waals surface area contributed by atoms with Gasteiger partial charge in [-0.05, 0) is 36.4 Å². The summed E-state index contributed by atoms with van der Waals surface area (Å²) in [7, 11) is -3.78. The highest BCUT2D eigenvalue weighted by molar-refractivity contribution is 7.89. The zero-order chi connectivity index (χ0) is 17.3. The second kappa shape index (κ2) is 7.01. The Balaban J connectivity index is 1.84. The maximum Gasteiger partial charge on any atom is 0.253 e. The number of amides is 1. The number of carbonyl (C=O) groups is 1. The van der Waals surface area contributed by atoms with E-state index in [1.54, 1.807) is 0 Å². The number of rotatable bonds is 6. The molecule has 2 N–H and O–H groups in total. The second-order valence-electron chi connectivity index (χ2n) is 5.42. The number of thiophene rings is 1. The van der Waals surface area contributed by atoms with Crippen LogP contribution in [-0.4, -0.2) is 20.4 Å². The fourth-order valence-corrected chi connectivity index (χ4v) is 4.88. The van der Waals surface area contributed by atoms with E-state index in [1.807, 2.05) is 17.5 Å². The van der Waals surface area contributed by atoms with E-state index >= 15 is 0 Å². The van der Waals surface area contributed by atoms with Gasteiger partial charge in [-0.2, -0.15) is 0 Å². The number of hydrogen-bond acceptors (Lipinski definition) is 4. The van der Waals surface area contributed by atoms with Crippen LogP contribution in [0.2, 0.25) is 10.0 Å². The number of sulfonamides is 1. The molecule has 1 heterocycles. The largest absolute Gasteiger partial charge is 0.347 e. The van der Waals surface area contributed by atoms with Crippen molar-refractivity contribution in [1.82, 2.24) is 10.0 Å². The molecule has 0 unspecified atom stereocenters. The summed E-state index contributed by atoms with van der Waals surface area (Å²) in [6, 6.07) is 6.22. The zero-order valence-electron chi connectivity index (χ0n) is 12.4. The Morgan fingerprint density at radius 3 is 2.62 bits per heavy atom. The van der Waals surface area contributed by atoms with Crippen molar-refractivity contribution < 1.29 is 13.2 Å². The van der Waals surface area contributed by atoms with Crippen LogP contribution in [0.15, 0.2) is 34.5 Å². The molecule has 1 saturated carbocycles. The summed E-state index contributed by atoms with van der Waals surface area (Å²) in [5.74, 6) is -0.451. The highest BCUT2D eigenvalue weighted by Crippen LogP contribution is 2.30. The molecule has 9 heteroatoms. The molecule has 3 rings (SSSR count). The molecule has 2 aromatic rings. The third kappa shape index (κ3) is 4.10. The van der Waals surface area contributed by atoms with Crippen molar-refractivity contribution in [3.05, 3.63) is 50.1 Å². The summed E-state index contributed by atoms with van der Waals surface area (Å²) in [6.45, 7) is 0.345. The van der Waals surface area contributed by atoms with Gasteiger partial charge >= 0.3 is 0 Å². The van der Waals surface area contributed by atoms with Crippen molar-refractivity contribution in [2.75, 3.05) is 0 Å². The van der Waals surface area contributed by atoms with E-state index in [0.29, 0.717) is 6.54 Å². The lowest BCUT2D eigenvalue weighted by Crippen LogP contribution is -2.27. The predicted molar refractivity (Wildman–Crippen MR) is 95.3 cm³/mol. The minimum atomic E-state index is -3.78. The second-order valence-corrected chi connectivity index (χ2v) is 8.95. The molecule has 1 aromatic heterocycles. The molecule has 128 valence electrons. The average Bonchev–Trinajstić information content (AvgIpc) is 3.15. The van der Waals surface area contributed by atoms with Gasteiger partial charge in [0.25, 0.3) is 5.91 Å². The van der Waals surface area contributed by atoms with Gasteiger partial charge in [-0.1, -0.05) is 29.3 Å². The normalized spacial score (nSPS) is 14.6. The lowest BCUT2D eigenvalue weighted by molar-refractivity contribution is 0.0951. The van der Waals surface area contributed by atoms with E-state index in [1.165, 1.54) is 23.5 Å². The molecule has 5 nitrogen and oxygen atoms in total. The highest BCUT2D eigenvalue weighted by Gasteiger charge is 2.30. The van der Waals surface area contributed by atoms with Gasteiger partial charge in [-0.3, -0.25) is 4.79 Å². The third-order valence-electron chi connectivity index (χ3n) is 3.46. The Morgan fingerprint density at radius 1 is 1.25 bits per heavy atom. The van der Waals surface area contributed by atoms with Crippen LogP contribution in [0.4, 0.5) is 0 Å². The van der Waals surface area contributed by atoms with Crippen LogP contribution >= 0.6 is 34.5 Å². The number of hydrogen-bond donors (Lipinski definition) is 2. The van der Waals surface area contributed by atoms with E-state index in [-0.39, 0.29) is 26.5 Å². The number of carbonyl (C=O) groups excluding carboxylic acids is 1. The van der Waals surface area contributed by atoms with Crippen LogP contribution in [0.3, 0.4) is 0 Å². The molecule has 0 bridgehead atoms. The summed E-state index contributed by atoms with van der Waals surface area (Å²) in [5.41, 5.74) is 0.0776. The lowest BCUT2D eigenvalue weighted by Gasteiger charge is -2.11. The summed E-state index contributed by atoms with van der Waals surface area (Å²) >= 11 is 13.6. The van der Waals surface area contributed by atoms with Gasteiger partial charge in [0.15, 0.2) is 0 Å². The molecule has 24 heavy (non-hydrogen) atoms. The van der Waals surface area contributed by atoms with Crippen LogP contribution in [0.25, 0.3) is 0 Å². The first kappa shape index (κ1) is 17.7. The highest BCUT2D eigenvalue weighted by atomic mass is 35.5. The quantitative estimate of drug-likeness (QED) is 0.773. The van der Waals surface area contributed by atoms with E-state index < -0.39 is 15.9 Å². The molecule has 0 radical (unpaired) electrons. The third-order valence-corrected chi connectivity index (χ3v) is 6.63. The molecule has 1 aliphatic rings. The van der Waals surface area contributed by atoms with Gasteiger partial charge in [0.2, 0.25) is 10.0 Å². The molecule has 0 saturated heterocycles. The monoisotopic (exact) mass is 404 g/mol. The maximum atomic E-state index is 12.4. The van der Waals surface area contributed by atoms with Gasteiger partial charge in [-0.25, -0.2) is 13.1 Å². The van der Waals surface area contributed by atoms with Crippen molar-refractivity contribution in [1.29, 1.82) is 0 Å². The Labute approximate surface area is 154 Å². The first-order valence-corrected chi connectivity index (χ1v) is 10.3. The molecular formula is C15H14Cl2N2O3S2. The average molecular weight is 405 g/mol. The van der Waals surface area contributed by atoms with E-state index in [0.717, 1.165) is 17.7 Å². The Hall–Kier alpha value is -1.12. The fraction of sp³-hybridized carbons (Fsp3) is 0.267. The topological polar surface area (TPSA) is 75.3 Å². The predicted octanol–water partition coefficient (Wildman–Crippen LogP) is 3.43. The fourth-order valence-electron chi connectivity index (χ4n) is 2.07. The van der Waals surface area contributed by atoms with Crippen LogP contribution in [0.5, 0.6) is 0 Å². The smallest absolute Gasteiger partial charge is 0.253 e. The summed E-state index contributed by atoms with van der Waals surface area (Å²) in [6.07, 6.45) is 1.61. The van der Waals surface area contributed by atoms with Crippen molar-refractivity contribution in [3.8, 4) is 0 Å². The van der Waals surface area contributed by atoms with Crippen LogP contribution in [-0.2, 0) is 16.6 Å². The molecule has 1 aliphatic carbocycles. The summed E-state index contributed by atoms with van der Waals surface area (Å²) in [4.78, 5) is 13.2. The zero-order valence-corrected chi connectivity index (χ0v) is 15.5. The van der Waals surface area contributed by atoms with Crippen LogP contribution < -0.4 is 10.0 Å². The molecular weight excluding hydrogens is 391 g/mol. The Bertz CT molecular complexity index is 863. The standard InChI is InChI=1S/C15H14Cl2N2O3S2/c16-12-7-13(17)14(24(21,22)19-9-3-4-9)6-11(12)15(20)18-8-10-2-1-5-23-10/h1-2,5-7,9,19H,3-4,8H2,(H,18,20). The number of halogens is 2. The van der Waals surface area contributed by atoms with Gasteiger partial charge in [-0.15, -0.1) is 11.3 Å². The molecule has 1 amide bonds. The van der Waals surface area contributed by atoms with Crippen LogP contribution in [0.1, 0.15) is 28.1 Å². The van der Waals surface area contributed by atoms with Crippen molar-refractivity contribution >= 4 is 50.5 Å². The lowest BCUT2D eigenvalue weighted by atomic mass is 10.2. The molecule has 1 fully saturated rings. The van der Waals surface area contributed by atoms with Gasteiger partial charge < -0.3 is 5.32 Å². The summed E-state index contributed by atoms with van der Waals surface area (Å²) < 4.78 is 27.3. The molecule has 0 spiro atoms. The van der Waals surface area contributed by atoms with Gasteiger partial charge in [0, 0.05) is 10.9 Å². The summed E-state index contributed by atoms with van der Waals surface area (Å²) in [5, 5.41) is 4.72. The van der Waals surface area contributed by atoms with Crippen molar-refractivity contribution in [2.24, 2.45) is 0 Å². The van der Waals surface area contributed by atoms with Crippen LogP contribution in [0, 0.1) is 0 Å². The van der Waals surface area contributed by atoms with Gasteiger partial charge in [0.1, 0.15) is 4.90 Å². The van der Waals surface area contributed by atoms with Crippen molar-refractivity contribution in [3.63, 3.8) is 0 Å². The minimum Gasteiger partial charge on any atom is -0.347 e. The van der Waals surface area contributed by atoms with E-state index in [9.17, 15) is 13.2 Å². The SMILES string of the molecule is O=C(NCc1cccs1)c1cc(S(=O)(=O)NC2CC2)c(Cl)cc1Cl. The first-order chi connectivity index (χ1) is 11.4. The Kier molecular flexibility index (Phi) is 5.17. The molecule has 0 atom stereocenters. The minimum absolute atomic E-state index is 0.0112. The number of nitrogens with one attached hydrogen (secondary N) is 2. The van der Waals surface area contributed by atoms with Crippen molar-refractivity contribution in [2.45, 2.75) is 30.3 Å². The first-order valence-electron chi connectivity index (χ1n) is 7.19. The van der Waals surface area contributed by atoms with Gasteiger partial charge in [0.05, 0.1) is 22.2 Å². The van der Waals surface area contributed by atoms with E-state index in [4.69, 9.17) is 23.2 Å². The molecule has 1 aromatic carbocycles. The maximum absolute atomic E-state index is 12.4.